The van der Waals surface area contributed by atoms with E-state index in [2.05, 4.69) is 59.8 Å². The van der Waals surface area contributed by atoms with Crippen LogP contribution in [0.3, 0.4) is 0 Å². The van der Waals surface area contributed by atoms with E-state index in [-0.39, 0.29) is 56.6 Å². The number of hydrogen-bond donors (Lipinski definition) is 14. The molecular weight excluding hydrogens is 1040 g/mol. The van der Waals surface area contributed by atoms with Crippen LogP contribution in [0.15, 0.2) is 4.99 Å². The highest BCUT2D eigenvalue weighted by Gasteiger charge is 2.35. The molecule has 0 saturated carbocycles. The van der Waals surface area contributed by atoms with E-state index in [0.29, 0.717) is 38.1 Å². The van der Waals surface area contributed by atoms with Gasteiger partial charge in [0, 0.05) is 19.0 Å². The molecule has 0 spiro atoms. The van der Waals surface area contributed by atoms with Crippen molar-refractivity contribution in [2.75, 3.05) is 26.2 Å². The van der Waals surface area contributed by atoms with Crippen LogP contribution in [0.2, 0.25) is 0 Å². The molecule has 0 aromatic carbocycles. The second-order valence-corrected chi connectivity index (χ2v) is 22.8. The number of nitrogens with one attached hydrogen (secondary N) is 9. The van der Waals surface area contributed by atoms with Crippen molar-refractivity contribution in [1.29, 1.82) is 0 Å². The van der Waals surface area contributed by atoms with Crippen LogP contribution in [0.25, 0.3) is 0 Å². The summed E-state index contributed by atoms with van der Waals surface area (Å²) in [6, 6.07) is -9.04. The predicted octanol–water partition coefficient (Wildman–Crippen LogP) is 1.81. The zero-order valence-corrected chi connectivity index (χ0v) is 50.9. The molecule has 0 aliphatic rings. The lowest BCUT2D eigenvalue weighted by atomic mass is 9.99. The molecule has 0 bridgehead atoms. The summed E-state index contributed by atoms with van der Waals surface area (Å²) in [5.41, 5.74) is 16.6. The Kier molecular flexibility index (Phi) is 41.0. The number of unbranched alkanes of at least 4 members (excludes halogenated alkanes) is 13. The van der Waals surface area contributed by atoms with E-state index in [1.807, 2.05) is 34.6 Å². The molecule has 9 atom stereocenters. The van der Waals surface area contributed by atoms with E-state index >= 15 is 0 Å². The van der Waals surface area contributed by atoms with Gasteiger partial charge in [-0.15, -0.1) is 0 Å². The van der Waals surface area contributed by atoms with Gasteiger partial charge in [0.15, 0.2) is 5.96 Å². The van der Waals surface area contributed by atoms with Crippen LogP contribution >= 0.6 is 0 Å². The number of nitrogens with two attached hydrogens (primary N) is 3. The van der Waals surface area contributed by atoms with Crippen LogP contribution in [-0.4, -0.2) is 150 Å². The molecule has 0 aliphatic carbocycles. The predicted molar refractivity (Wildman–Crippen MR) is 315 cm³/mol. The largest absolute Gasteiger partial charge is 0.394 e. The maximum absolute atomic E-state index is 14.0. The number of carbonyl (C=O) groups is 9. The van der Waals surface area contributed by atoms with Crippen LogP contribution < -0.4 is 65.1 Å². The lowest BCUT2D eigenvalue weighted by Gasteiger charge is -2.29. The van der Waals surface area contributed by atoms with Crippen molar-refractivity contribution in [1.82, 2.24) is 47.9 Å². The van der Waals surface area contributed by atoms with Gasteiger partial charge in [0.2, 0.25) is 53.2 Å². The number of hydrogen-bond acceptors (Lipinski definition) is 13. The van der Waals surface area contributed by atoms with Gasteiger partial charge < -0.3 is 75.3 Å². The van der Waals surface area contributed by atoms with Crippen molar-refractivity contribution < 1.29 is 53.4 Å². The summed E-state index contributed by atoms with van der Waals surface area (Å²) in [4.78, 5) is 125. The van der Waals surface area contributed by atoms with E-state index in [9.17, 15) is 53.4 Å². The Morgan fingerprint density at radius 2 is 0.951 bits per heavy atom. The molecule has 17 N–H and O–H groups in total. The first-order valence-corrected chi connectivity index (χ1v) is 30.0. The van der Waals surface area contributed by atoms with Crippen LogP contribution in [0.1, 0.15) is 204 Å². The molecule has 0 aromatic rings. The maximum Gasteiger partial charge on any atom is 0.245 e. The highest BCUT2D eigenvalue weighted by Crippen LogP contribution is 2.14. The summed E-state index contributed by atoms with van der Waals surface area (Å²) < 4.78 is 0. The first-order chi connectivity index (χ1) is 38.3. The van der Waals surface area contributed by atoms with Gasteiger partial charge in [0.1, 0.15) is 42.3 Å². The van der Waals surface area contributed by atoms with Gasteiger partial charge in [0.25, 0.3) is 0 Å². The van der Waals surface area contributed by atoms with E-state index in [1.165, 1.54) is 65.2 Å². The Hall–Kier alpha value is -5.62. The van der Waals surface area contributed by atoms with E-state index in [1.54, 1.807) is 13.8 Å². The van der Waals surface area contributed by atoms with Crippen molar-refractivity contribution >= 4 is 59.1 Å². The summed E-state index contributed by atoms with van der Waals surface area (Å²) in [6.45, 7) is 16.8. The Bertz CT molecular complexity index is 1900. The number of aliphatic hydroxyl groups excluding tert-OH is 2. The third-order valence-corrected chi connectivity index (χ3v) is 13.6. The lowest BCUT2D eigenvalue weighted by molar-refractivity contribution is -0.137. The average Bonchev–Trinajstić information content (AvgIpc) is 3.39. The van der Waals surface area contributed by atoms with E-state index < -0.39 is 121 Å². The zero-order valence-electron chi connectivity index (χ0n) is 50.9. The smallest absolute Gasteiger partial charge is 0.245 e. The molecular formula is C57H109N13O11. The number of amides is 9. The number of aliphatic imine (C=N–C) groups is 1. The first kappa shape index (κ1) is 75.4. The van der Waals surface area contributed by atoms with Gasteiger partial charge in [-0.05, 0) is 96.4 Å². The number of guanidine groups is 1. The van der Waals surface area contributed by atoms with Crippen LogP contribution in [-0.2, 0) is 43.2 Å². The fourth-order valence-corrected chi connectivity index (χ4v) is 9.02. The van der Waals surface area contributed by atoms with Crippen molar-refractivity contribution in [2.45, 2.75) is 259 Å². The molecule has 81 heavy (non-hydrogen) atoms. The van der Waals surface area contributed by atoms with Gasteiger partial charge in [-0.25, -0.2) is 0 Å². The van der Waals surface area contributed by atoms with Gasteiger partial charge in [-0.3, -0.25) is 48.1 Å². The summed E-state index contributed by atoms with van der Waals surface area (Å²) in [6.07, 6.45) is 16.1. The quantitative estimate of drug-likeness (QED) is 0.0235. The maximum atomic E-state index is 14.0. The minimum Gasteiger partial charge on any atom is -0.394 e. The van der Waals surface area contributed by atoms with Crippen LogP contribution in [0, 0.1) is 17.8 Å². The molecule has 24 heteroatoms. The average molecular weight is 1150 g/mol. The van der Waals surface area contributed by atoms with Gasteiger partial charge in [0.05, 0.1) is 19.3 Å². The third-order valence-electron chi connectivity index (χ3n) is 13.6. The van der Waals surface area contributed by atoms with Crippen molar-refractivity contribution in [3.8, 4) is 0 Å². The monoisotopic (exact) mass is 1150 g/mol. The normalized spacial score (nSPS) is 14.7. The lowest BCUT2D eigenvalue weighted by Crippen LogP contribution is -2.61. The van der Waals surface area contributed by atoms with Crippen molar-refractivity contribution in [2.24, 2.45) is 39.9 Å². The molecule has 0 rings (SSSR count). The standard InChI is InChI=1S/C57H109N13O11/c1-11-12-13-14-15-16-17-18-19-20-21-22-23-29-46(73)66-45(35-71)51(76)62-34-47(74)65-42(28-26-31-61-57(59)60)53(78)69-48(38(6)7)55(80)68-44(33-37(4)5)54(79)64-40(9)50(75)70-49(41(10)72)56(81)67-43(27-24-25-30-58)52(77)63-39(8)32-36(2)3/h36-45,48-49,71-72H,11-35,58H2,1-10H3,(H,62,76)(H,63,77)(H,64,79)(H,65,74)(H,66,73)(H,67,81)(H,68,80)(H,69,78)(H,70,75)(H4,59,60,61)/t39-,40+,41-,42+,43+,44+,45+,48+,49+/m1/s1. The molecule has 9 amide bonds. The van der Waals surface area contributed by atoms with Crippen molar-refractivity contribution in [3.05, 3.63) is 0 Å². The number of nitrogens with zero attached hydrogens (tertiary/aromatic N) is 1. The third kappa shape index (κ3) is 35.8. The summed E-state index contributed by atoms with van der Waals surface area (Å²) in [7, 11) is 0. The summed E-state index contributed by atoms with van der Waals surface area (Å²) in [5, 5.41) is 44.0. The second-order valence-electron chi connectivity index (χ2n) is 22.8. The highest BCUT2D eigenvalue weighted by molar-refractivity contribution is 5.97. The Labute approximate surface area is 483 Å². The molecule has 24 nitrogen and oxygen atoms in total. The number of carbonyl (C=O) groups excluding carboxylic acids is 9. The summed E-state index contributed by atoms with van der Waals surface area (Å²) in [5.74, 6) is -7.01. The number of rotatable bonds is 46. The molecule has 0 heterocycles. The van der Waals surface area contributed by atoms with Gasteiger partial charge in [-0.2, -0.15) is 0 Å². The fourth-order valence-electron chi connectivity index (χ4n) is 9.02. The second kappa shape index (κ2) is 44.0. The zero-order chi connectivity index (χ0) is 61.5. The van der Waals surface area contributed by atoms with Crippen molar-refractivity contribution in [3.63, 3.8) is 0 Å². The minimum absolute atomic E-state index is 0.0123. The fraction of sp³-hybridized carbons (Fsp3) is 0.825. The van der Waals surface area contributed by atoms with Gasteiger partial charge >= 0.3 is 0 Å². The SMILES string of the molecule is CCCCCCCCCCCCCCCC(=O)N[C@@H](CO)C(=O)NCC(=O)N[C@@H](CCCN=C(N)N)C(=O)N[C@H](C(=O)N[C@@H](CC(C)C)C(=O)N[C@@H](C)C(=O)N[C@H](C(=O)N[C@@H](CCCCN)C(=O)N[C@H](C)CC(C)C)[C@@H](C)O)C(C)C. The molecule has 0 aromatic heterocycles. The van der Waals surface area contributed by atoms with Crippen LogP contribution in [0.5, 0.6) is 0 Å². The van der Waals surface area contributed by atoms with Gasteiger partial charge in [-0.1, -0.05) is 126 Å². The Morgan fingerprint density at radius 3 is 1.47 bits per heavy atom. The van der Waals surface area contributed by atoms with E-state index in [4.69, 9.17) is 17.2 Å². The topological polar surface area (TPSA) is 393 Å². The van der Waals surface area contributed by atoms with Crippen LogP contribution in [0.4, 0.5) is 0 Å². The summed E-state index contributed by atoms with van der Waals surface area (Å²) >= 11 is 0. The molecule has 0 unspecified atom stereocenters. The molecule has 468 valence electrons. The minimum atomic E-state index is -1.52. The molecule has 0 saturated heterocycles. The Balaban J connectivity index is 5.80. The highest BCUT2D eigenvalue weighted by atomic mass is 16.3. The Morgan fingerprint density at radius 1 is 0.469 bits per heavy atom. The molecule has 0 radical (unpaired) electrons. The first-order valence-electron chi connectivity index (χ1n) is 30.0. The molecule has 0 fully saturated rings. The molecule has 0 aliphatic heterocycles. The van der Waals surface area contributed by atoms with E-state index in [0.717, 1.165) is 25.7 Å². The number of aliphatic hydroxyl groups is 2.